The lowest BCUT2D eigenvalue weighted by atomic mass is 10.3. The Kier molecular flexibility index (Phi) is 4.16. The van der Waals surface area contributed by atoms with Crippen LogP contribution in [0.25, 0.3) is 0 Å². The smallest absolute Gasteiger partial charge is 0.236 e. The topological polar surface area (TPSA) is 80.9 Å². The first-order valence-electron chi connectivity index (χ1n) is 5.22. The monoisotopic (exact) mass is 280 g/mol. The summed E-state index contributed by atoms with van der Waals surface area (Å²) in [4.78, 5) is 12.6. The average molecular weight is 280 g/mol. The fourth-order valence-corrected chi connectivity index (χ4v) is 2.63. The average Bonchev–Trinajstić information content (AvgIpc) is 2.72. The van der Waals surface area contributed by atoms with Gasteiger partial charge in [-0.2, -0.15) is 0 Å². The number of nitrogens with two attached hydrogens (primary N) is 1. The maximum Gasteiger partial charge on any atom is 0.236 e. The normalized spacial score (nSPS) is 10.3. The fourth-order valence-electron chi connectivity index (χ4n) is 1.26. The van der Waals surface area contributed by atoms with Crippen molar-refractivity contribution in [1.82, 2.24) is 10.2 Å². The molecule has 2 rings (SSSR count). The van der Waals surface area contributed by atoms with Crippen molar-refractivity contribution in [2.75, 3.05) is 16.8 Å². The number of thioether (sulfide) groups is 1. The first-order chi connectivity index (χ1) is 8.63. The van der Waals surface area contributed by atoms with Gasteiger partial charge in [0, 0.05) is 10.6 Å². The number of carbonyl (C=O) groups excluding carboxylic acids is 1. The fraction of sp³-hybridized carbons (Fsp3) is 0.182. The SMILES string of the molecule is Cc1nnc(NC(=O)CSc2cccc(N)c2)s1. The molecule has 94 valence electrons. The van der Waals surface area contributed by atoms with Crippen LogP contribution in [0.4, 0.5) is 10.8 Å². The highest BCUT2D eigenvalue weighted by atomic mass is 32.2. The van der Waals surface area contributed by atoms with Crippen LogP contribution >= 0.6 is 23.1 Å². The molecule has 0 atom stereocenters. The maximum absolute atomic E-state index is 11.7. The van der Waals surface area contributed by atoms with E-state index in [4.69, 9.17) is 5.73 Å². The molecule has 1 heterocycles. The van der Waals surface area contributed by atoms with E-state index in [2.05, 4.69) is 15.5 Å². The van der Waals surface area contributed by atoms with Crippen molar-refractivity contribution in [2.24, 2.45) is 0 Å². The molecule has 18 heavy (non-hydrogen) atoms. The summed E-state index contributed by atoms with van der Waals surface area (Å²) in [6.45, 7) is 1.84. The van der Waals surface area contributed by atoms with E-state index >= 15 is 0 Å². The molecule has 0 aliphatic heterocycles. The highest BCUT2D eigenvalue weighted by Gasteiger charge is 2.07. The number of nitrogen functional groups attached to an aromatic ring is 1. The lowest BCUT2D eigenvalue weighted by molar-refractivity contribution is -0.113. The van der Waals surface area contributed by atoms with Gasteiger partial charge in [-0.3, -0.25) is 10.1 Å². The molecular formula is C11H12N4OS2. The zero-order valence-corrected chi connectivity index (χ0v) is 11.3. The van der Waals surface area contributed by atoms with Crippen LogP contribution in [0.2, 0.25) is 0 Å². The predicted octanol–water partition coefficient (Wildman–Crippen LogP) is 2.16. The highest BCUT2D eigenvalue weighted by molar-refractivity contribution is 8.00. The third kappa shape index (κ3) is 3.71. The number of benzene rings is 1. The Hall–Kier alpha value is -1.60. The van der Waals surface area contributed by atoms with E-state index in [1.165, 1.54) is 23.1 Å². The van der Waals surface area contributed by atoms with Gasteiger partial charge in [-0.1, -0.05) is 17.4 Å². The van der Waals surface area contributed by atoms with E-state index in [1.807, 2.05) is 31.2 Å². The van der Waals surface area contributed by atoms with E-state index in [1.54, 1.807) is 0 Å². The van der Waals surface area contributed by atoms with E-state index in [-0.39, 0.29) is 5.91 Å². The minimum Gasteiger partial charge on any atom is -0.399 e. The largest absolute Gasteiger partial charge is 0.399 e. The van der Waals surface area contributed by atoms with Crippen LogP contribution < -0.4 is 11.1 Å². The number of carbonyl (C=O) groups is 1. The highest BCUT2D eigenvalue weighted by Crippen LogP contribution is 2.20. The summed E-state index contributed by atoms with van der Waals surface area (Å²) < 4.78 is 0. The minimum absolute atomic E-state index is 0.0985. The molecule has 5 nitrogen and oxygen atoms in total. The van der Waals surface area contributed by atoms with Gasteiger partial charge < -0.3 is 5.73 Å². The van der Waals surface area contributed by atoms with E-state index in [0.717, 1.165) is 9.90 Å². The van der Waals surface area contributed by atoms with Gasteiger partial charge in [0.15, 0.2) is 0 Å². The van der Waals surface area contributed by atoms with Crippen LogP contribution in [0.1, 0.15) is 5.01 Å². The third-order valence-corrected chi connectivity index (χ3v) is 3.75. The van der Waals surface area contributed by atoms with Crippen LogP contribution in [0.3, 0.4) is 0 Å². The Balaban J connectivity index is 1.85. The molecule has 0 radical (unpaired) electrons. The summed E-state index contributed by atoms with van der Waals surface area (Å²) in [6, 6.07) is 7.44. The van der Waals surface area contributed by atoms with Crippen molar-refractivity contribution in [1.29, 1.82) is 0 Å². The molecular weight excluding hydrogens is 268 g/mol. The molecule has 3 N–H and O–H groups in total. The Bertz CT molecular complexity index is 555. The second kappa shape index (κ2) is 5.83. The summed E-state index contributed by atoms with van der Waals surface area (Å²) in [7, 11) is 0. The summed E-state index contributed by atoms with van der Waals surface area (Å²) in [5, 5.41) is 11.7. The lowest BCUT2D eigenvalue weighted by Gasteiger charge is -2.02. The van der Waals surface area contributed by atoms with Gasteiger partial charge in [-0.25, -0.2) is 0 Å². The van der Waals surface area contributed by atoms with Gasteiger partial charge >= 0.3 is 0 Å². The number of rotatable bonds is 4. The van der Waals surface area contributed by atoms with Crippen LogP contribution in [0, 0.1) is 6.92 Å². The van der Waals surface area contributed by atoms with Crippen LogP contribution in [-0.2, 0) is 4.79 Å². The summed E-state index contributed by atoms with van der Waals surface area (Å²) in [5.74, 6) is 0.223. The lowest BCUT2D eigenvalue weighted by Crippen LogP contribution is -2.13. The van der Waals surface area contributed by atoms with Crippen LogP contribution in [0.5, 0.6) is 0 Å². The molecule has 1 aromatic heterocycles. The van der Waals surface area contributed by atoms with Gasteiger partial charge in [0.05, 0.1) is 5.75 Å². The Morgan fingerprint density at radius 1 is 1.50 bits per heavy atom. The van der Waals surface area contributed by atoms with Crippen molar-refractivity contribution in [2.45, 2.75) is 11.8 Å². The number of aryl methyl sites for hydroxylation is 1. The van der Waals surface area contributed by atoms with Crippen molar-refractivity contribution < 1.29 is 4.79 Å². The van der Waals surface area contributed by atoms with Gasteiger partial charge in [0.1, 0.15) is 5.01 Å². The van der Waals surface area contributed by atoms with Crippen LogP contribution in [-0.4, -0.2) is 21.9 Å². The molecule has 0 bridgehead atoms. The zero-order valence-electron chi connectivity index (χ0n) is 9.71. The molecule has 0 aliphatic carbocycles. The summed E-state index contributed by atoms with van der Waals surface area (Å²) in [5.41, 5.74) is 6.36. The maximum atomic E-state index is 11.7. The summed E-state index contributed by atoms with van der Waals surface area (Å²) in [6.07, 6.45) is 0. The molecule has 0 aliphatic rings. The molecule has 0 fully saturated rings. The Labute approximate surface area is 113 Å². The second-order valence-electron chi connectivity index (χ2n) is 3.54. The van der Waals surface area contributed by atoms with Crippen molar-refractivity contribution in [3.63, 3.8) is 0 Å². The first kappa shape index (κ1) is 12.8. The number of nitrogens with zero attached hydrogens (tertiary/aromatic N) is 2. The number of amides is 1. The molecule has 2 aromatic rings. The number of anilines is 2. The second-order valence-corrected chi connectivity index (χ2v) is 5.77. The number of nitrogens with one attached hydrogen (secondary N) is 1. The van der Waals surface area contributed by atoms with E-state index in [0.29, 0.717) is 16.6 Å². The number of hydrogen-bond donors (Lipinski definition) is 2. The number of hydrogen-bond acceptors (Lipinski definition) is 6. The van der Waals surface area contributed by atoms with Crippen molar-refractivity contribution in [3.05, 3.63) is 29.3 Å². The van der Waals surface area contributed by atoms with Gasteiger partial charge in [-0.05, 0) is 25.1 Å². The van der Waals surface area contributed by atoms with Gasteiger partial charge in [-0.15, -0.1) is 22.0 Å². The van der Waals surface area contributed by atoms with Gasteiger partial charge in [0.25, 0.3) is 0 Å². The molecule has 7 heteroatoms. The summed E-state index contributed by atoms with van der Waals surface area (Å²) >= 11 is 2.79. The van der Waals surface area contributed by atoms with E-state index < -0.39 is 0 Å². The first-order valence-corrected chi connectivity index (χ1v) is 7.02. The molecule has 1 aromatic carbocycles. The predicted molar refractivity (Wildman–Crippen MR) is 74.9 cm³/mol. The van der Waals surface area contributed by atoms with Crippen molar-refractivity contribution in [3.8, 4) is 0 Å². The Morgan fingerprint density at radius 3 is 3.00 bits per heavy atom. The van der Waals surface area contributed by atoms with E-state index in [9.17, 15) is 4.79 Å². The molecule has 0 unspecified atom stereocenters. The number of aromatic nitrogens is 2. The minimum atomic E-state index is -0.0985. The molecule has 0 saturated heterocycles. The molecule has 0 spiro atoms. The molecule has 0 saturated carbocycles. The third-order valence-electron chi connectivity index (χ3n) is 2.00. The quantitative estimate of drug-likeness (QED) is 0.662. The van der Waals surface area contributed by atoms with Gasteiger partial charge in [0.2, 0.25) is 11.0 Å². The Morgan fingerprint density at radius 2 is 2.33 bits per heavy atom. The van der Waals surface area contributed by atoms with Crippen molar-refractivity contribution >= 4 is 39.8 Å². The van der Waals surface area contributed by atoms with Crippen LogP contribution in [0.15, 0.2) is 29.2 Å². The standard InChI is InChI=1S/C11H12N4OS2/c1-7-14-15-11(18-7)13-10(16)6-17-9-4-2-3-8(12)5-9/h2-5H,6,12H2,1H3,(H,13,15,16). The zero-order chi connectivity index (χ0) is 13.0. The molecule has 1 amide bonds.